The second kappa shape index (κ2) is 7.81. The summed E-state index contributed by atoms with van der Waals surface area (Å²) in [6.07, 6.45) is 5.50. The van der Waals surface area contributed by atoms with Crippen molar-refractivity contribution in [3.63, 3.8) is 0 Å². The van der Waals surface area contributed by atoms with Gasteiger partial charge in [0.2, 0.25) is 5.91 Å². The molecule has 0 aliphatic carbocycles. The van der Waals surface area contributed by atoms with Crippen molar-refractivity contribution in [2.45, 2.75) is 58.4 Å². The molecule has 0 aromatic carbocycles. The first kappa shape index (κ1) is 19.9. The minimum absolute atomic E-state index is 0.108. The fraction of sp³-hybridized carbons (Fsp3) is 0.609. The molecule has 29 heavy (non-hydrogen) atoms. The van der Waals surface area contributed by atoms with Crippen molar-refractivity contribution < 1.29 is 4.79 Å². The minimum atomic E-state index is 0.108. The van der Waals surface area contributed by atoms with Gasteiger partial charge in [0.05, 0.1) is 12.1 Å². The van der Waals surface area contributed by atoms with Crippen molar-refractivity contribution >= 4 is 5.91 Å². The van der Waals surface area contributed by atoms with Crippen LogP contribution >= 0.6 is 0 Å². The molecule has 0 unspecified atom stereocenters. The maximum Gasteiger partial charge on any atom is 0.250 e. The van der Waals surface area contributed by atoms with Gasteiger partial charge in [-0.1, -0.05) is 19.9 Å². The van der Waals surface area contributed by atoms with Crippen molar-refractivity contribution in [2.75, 3.05) is 13.1 Å². The van der Waals surface area contributed by atoms with Crippen LogP contribution in [0.4, 0.5) is 0 Å². The van der Waals surface area contributed by atoms with Crippen LogP contribution in [0.5, 0.6) is 0 Å². The highest BCUT2D eigenvalue weighted by Gasteiger charge is 2.41. The molecular formula is C23H32N4O2. The van der Waals surface area contributed by atoms with E-state index in [1.165, 1.54) is 0 Å². The molecule has 4 heterocycles. The van der Waals surface area contributed by atoms with Crippen LogP contribution < -0.4 is 5.56 Å². The third-order valence-corrected chi connectivity index (χ3v) is 6.65. The first-order valence-corrected chi connectivity index (χ1v) is 10.8. The number of fused-ring (bicyclic) bond motifs is 4. The summed E-state index contributed by atoms with van der Waals surface area (Å²) in [6.45, 7) is 7.87. The maximum atomic E-state index is 13.1. The Morgan fingerprint density at radius 3 is 2.76 bits per heavy atom. The van der Waals surface area contributed by atoms with E-state index in [9.17, 15) is 9.59 Å². The van der Waals surface area contributed by atoms with Gasteiger partial charge in [0, 0.05) is 55.6 Å². The predicted octanol–water partition coefficient (Wildman–Crippen LogP) is 3.06. The summed E-state index contributed by atoms with van der Waals surface area (Å²) in [7, 11) is 1.89. The lowest BCUT2D eigenvalue weighted by Crippen LogP contribution is -2.51. The molecule has 0 radical (unpaired) electrons. The molecule has 0 saturated carbocycles. The van der Waals surface area contributed by atoms with E-state index in [2.05, 4.69) is 25.0 Å². The Morgan fingerprint density at radius 1 is 1.28 bits per heavy atom. The van der Waals surface area contributed by atoms with E-state index in [0.29, 0.717) is 24.8 Å². The molecule has 1 amide bonds. The molecular weight excluding hydrogens is 364 g/mol. The lowest BCUT2D eigenvalue weighted by Gasteiger charge is -2.47. The van der Waals surface area contributed by atoms with Crippen molar-refractivity contribution in [2.24, 2.45) is 18.9 Å². The molecule has 2 bridgehead atoms. The van der Waals surface area contributed by atoms with Crippen molar-refractivity contribution in [1.29, 1.82) is 0 Å². The number of carbonyl (C=O) groups is 1. The van der Waals surface area contributed by atoms with Crippen molar-refractivity contribution in [3.8, 4) is 0 Å². The average Bonchev–Trinajstić information content (AvgIpc) is 2.98. The number of aromatic nitrogens is 3. The van der Waals surface area contributed by atoms with Gasteiger partial charge in [0.25, 0.3) is 5.56 Å². The summed E-state index contributed by atoms with van der Waals surface area (Å²) in [5, 5.41) is 4.37. The molecule has 2 aliphatic heterocycles. The van der Waals surface area contributed by atoms with E-state index in [-0.39, 0.29) is 23.4 Å². The van der Waals surface area contributed by atoms with Gasteiger partial charge in [-0.25, -0.2) is 0 Å². The Morgan fingerprint density at radius 2 is 2.07 bits per heavy atom. The average molecular weight is 397 g/mol. The zero-order valence-corrected chi connectivity index (χ0v) is 18.0. The quantitative estimate of drug-likeness (QED) is 0.780. The predicted molar refractivity (Wildman–Crippen MR) is 113 cm³/mol. The van der Waals surface area contributed by atoms with Gasteiger partial charge in [0.15, 0.2) is 0 Å². The van der Waals surface area contributed by atoms with Gasteiger partial charge >= 0.3 is 0 Å². The number of aryl methyl sites for hydroxylation is 2. The largest absolute Gasteiger partial charge is 0.341 e. The molecule has 2 aromatic rings. The summed E-state index contributed by atoms with van der Waals surface area (Å²) in [5.74, 6) is 1.37. The van der Waals surface area contributed by atoms with Crippen LogP contribution in [0.3, 0.4) is 0 Å². The van der Waals surface area contributed by atoms with E-state index in [1.807, 2.05) is 35.7 Å². The van der Waals surface area contributed by atoms with Crippen molar-refractivity contribution in [1.82, 2.24) is 19.2 Å². The first-order chi connectivity index (χ1) is 13.8. The van der Waals surface area contributed by atoms with Crippen molar-refractivity contribution in [3.05, 3.63) is 51.7 Å². The Labute approximate surface area is 172 Å². The molecule has 3 atom stereocenters. The second-order valence-corrected chi connectivity index (χ2v) is 9.28. The van der Waals surface area contributed by atoms with Gasteiger partial charge in [-0.2, -0.15) is 5.10 Å². The van der Waals surface area contributed by atoms with Crippen LogP contribution in [0.15, 0.2) is 29.2 Å². The highest BCUT2D eigenvalue weighted by molar-refractivity contribution is 5.79. The van der Waals surface area contributed by atoms with Crippen LogP contribution in [0.2, 0.25) is 0 Å². The molecule has 0 N–H and O–H groups in total. The van der Waals surface area contributed by atoms with Gasteiger partial charge in [-0.3, -0.25) is 14.3 Å². The fourth-order valence-corrected chi connectivity index (χ4v) is 5.22. The molecule has 2 aliphatic rings. The normalized spacial score (nSPS) is 23.3. The summed E-state index contributed by atoms with van der Waals surface area (Å²) in [5.41, 5.74) is 3.14. The Balaban J connectivity index is 1.59. The fourth-order valence-electron chi connectivity index (χ4n) is 5.22. The van der Waals surface area contributed by atoms with E-state index in [4.69, 9.17) is 0 Å². The number of pyridine rings is 1. The minimum Gasteiger partial charge on any atom is -0.341 e. The molecule has 1 saturated heterocycles. The molecule has 156 valence electrons. The zero-order valence-electron chi connectivity index (χ0n) is 18.0. The monoisotopic (exact) mass is 396 g/mol. The molecule has 4 rings (SSSR count). The van der Waals surface area contributed by atoms with Gasteiger partial charge in [0.1, 0.15) is 0 Å². The van der Waals surface area contributed by atoms with Crippen LogP contribution in [0.1, 0.15) is 62.0 Å². The van der Waals surface area contributed by atoms with Crippen LogP contribution in [0, 0.1) is 18.8 Å². The maximum absolute atomic E-state index is 13.1. The van der Waals surface area contributed by atoms with Crippen LogP contribution in [-0.2, 0) is 18.3 Å². The SMILES string of the molecule is Cc1nn(C)cc1CC(=O)N1C[C@H]2C[C@@H](C1)[C@H](CCC(C)C)n1c2cccc1=O. The number of hydrogen-bond donors (Lipinski definition) is 0. The lowest BCUT2D eigenvalue weighted by molar-refractivity contribution is -0.133. The van der Waals surface area contributed by atoms with E-state index in [0.717, 1.165) is 42.8 Å². The second-order valence-electron chi connectivity index (χ2n) is 9.28. The molecule has 2 aromatic heterocycles. The summed E-state index contributed by atoms with van der Waals surface area (Å²) < 4.78 is 3.82. The molecule has 0 spiro atoms. The number of rotatable bonds is 5. The number of piperidine rings is 1. The van der Waals surface area contributed by atoms with E-state index >= 15 is 0 Å². The summed E-state index contributed by atoms with van der Waals surface area (Å²) in [4.78, 5) is 27.9. The first-order valence-electron chi connectivity index (χ1n) is 10.8. The van der Waals surface area contributed by atoms with Gasteiger partial charge in [-0.05, 0) is 44.1 Å². The number of carbonyl (C=O) groups excluding carboxylic acids is 1. The highest BCUT2D eigenvalue weighted by atomic mass is 16.2. The van der Waals surface area contributed by atoms with E-state index in [1.54, 1.807) is 10.7 Å². The number of nitrogens with zero attached hydrogens (tertiary/aromatic N) is 4. The Bertz CT molecular complexity index is 958. The summed E-state index contributed by atoms with van der Waals surface area (Å²) >= 11 is 0. The van der Waals surface area contributed by atoms with Gasteiger partial charge < -0.3 is 9.47 Å². The van der Waals surface area contributed by atoms with Crippen LogP contribution in [0.25, 0.3) is 0 Å². The number of hydrogen-bond acceptors (Lipinski definition) is 3. The third kappa shape index (κ3) is 3.89. The van der Waals surface area contributed by atoms with E-state index < -0.39 is 0 Å². The molecule has 1 fully saturated rings. The highest BCUT2D eigenvalue weighted by Crippen LogP contribution is 2.43. The van der Waals surface area contributed by atoms with Crippen LogP contribution in [-0.4, -0.2) is 38.2 Å². The standard InChI is InChI=1S/C23H32N4O2/c1-15(2)8-9-21-19-10-18(20-6-5-7-22(28)27(20)21)13-26(14-19)23(29)11-17-12-25(4)24-16(17)3/h5-7,12,15,18-19,21H,8-11,13-14H2,1-4H3/t18-,19+,21+/m1/s1. The number of amides is 1. The zero-order chi connectivity index (χ0) is 20.7. The Kier molecular flexibility index (Phi) is 5.36. The lowest BCUT2D eigenvalue weighted by atomic mass is 9.76. The smallest absolute Gasteiger partial charge is 0.250 e. The third-order valence-electron chi connectivity index (χ3n) is 6.65. The summed E-state index contributed by atoms with van der Waals surface area (Å²) in [6, 6.07) is 5.83. The van der Waals surface area contributed by atoms with Gasteiger partial charge in [-0.15, -0.1) is 0 Å². The number of likely N-dealkylation sites (tertiary alicyclic amines) is 1. The topological polar surface area (TPSA) is 60.1 Å². The Hall–Kier alpha value is -2.37. The molecule has 6 heteroatoms. The molecule has 6 nitrogen and oxygen atoms in total.